The molecule has 0 aliphatic rings. The van der Waals surface area contributed by atoms with Gasteiger partial charge in [0, 0.05) is 6.42 Å². The van der Waals surface area contributed by atoms with E-state index in [9.17, 15) is 9.90 Å². The van der Waals surface area contributed by atoms with Crippen LogP contribution in [0.5, 0.6) is 0 Å². The van der Waals surface area contributed by atoms with Crippen LogP contribution in [0.4, 0.5) is 0 Å². The molecule has 4 heteroatoms. The molecule has 0 amide bonds. The minimum atomic E-state index is -1.05. The Morgan fingerprint density at radius 2 is 2.09 bits per heavy atom. The van der Waals surface area contributed by atoms with Gasteiger partial charge >= 0.3 is 5.97 Å². The fraction of sp³-hybridized carbons (Fsp3) is 0.857. The number of rotatable bonds is 5. The predicted octanol–water partition coefficient (Wildman–Crippen LogP) is 0.733. The van der Waals surface area contributed by atoms with E-state index < -0.39 is 6.29 Å². The molecule has 0 aromatic heterocycles. The third-order valence-electron chi connectivity index (χ3n) is 0.988. The van der Waals surface area contributed by atoms with Gasteiger partial charge in [-0.05, 0) is 6.92 Å². The Morgan fingerprint density at radius 3 is 2.55 bits per heavy atom. The van der Waals surface area contributed by atoms with Crippen molar-refractivity contribution in [2.24, 2.45) is 0 Å². The summed E-state index contributed by atoms with van der Waals surface area (Å²) in [6.07, 6.45) is -0.692. The van der Waals surface area contributed by atoms with Crippen LogP contribution in [0.2, 0.25) is 0 Å². The first-order chi connectivity index (χ1) is 5.16. The molecule has 0 aliphatic carbocycles. The Morgan fingerprint density at radius 1 is 1.45 bits per heavy atom. The van der Waals surface area contributed by atoms with Crippen LogP contribution in [0.15, 0.2) is 0 Å². The second-order valence-electron chi connectivity index (χ2n) is 2.01. The number of carbonyl (C=O) groups is 1. The zero-order chi connectivity index (χ0) is 8.69. The first-order valence-corrected chi connectivity index (χ1v) is 3.60. The highest BCUT2D eigenvalue weighted by Crippen LogP contribution is 1.87. The summed E-state index contributed by atoms with van der Waals surface area (Å²) in [5.74, 6) is -0.271. The van der Waals surface area contributed by atoms with Gasteiger partial charge in [-0.25, -0.2) is 5.11 Å². The Kier molecular flexibility index (Phi) is 5.78. The van der Waals surface area contributed by atoms with Gasteiger partial charge in [0.25, 0.3) is 0 Å². The summed E-state index contributed by atoms with van der Waals surface area (Å²) in [5.41, 5.74) is 0. The summed E-state index contributed by atoms with van der Waals surface area (Å²) in [6.45, 7) is 3.44. The average Bonchev–Trinajstić information content (AvgIpc) is 1.97. The van der Waals surface area contributed by atoms with Crippen LogP contribution in [0.25, 0.3) is 0 Å². The molecule has 0 aromatic rings. The van der Waals surface area contributed by atoms with Crippen molar-refractivity contribution in [2.75, 3.05) is 13.2 Å². The van der Waals surface area contributed by atoms with E-state index in [1.54, 1.807) is 6.92 Å². The van der Waals surface area contributed by atoms with Gasteiger partial charge in [-0.3, -0.25) is 4.79 Å². The summed E-state index contributed by atoms with van der Waals surface area (Å²) in [7, 11) is 0. The van der Waals surface area contributed by atoms with Gasteiger partial charge in [0.05, 0.1) is 6.61 Å². The van der Waals surface area contributed by atoms with E-state index >= 15 is 0 Å². The van der Waals surface area contributed by atoms with E-state index in [1.807, 2.05) is 0 Å². The maximum absolute atomic E-state index is 10.5. The number of carbonyl (C=O) groups excluding carboxylic acids is 1. The van der Waals surface area contributed by atoms with E-state index in [0.29, 0.717) is 6.42 Å². The lowest BCUT2D eigenvalue weighted by atomic mass is 10.5. The maximum Gasteiger partial charge on any atom is 0.305 e. The molecule has 0 spiro atoms. The SMILES string of the molecule is CCC(=O)OCCOC(C)[O]. The highest BCUT2D eigenvalue weighted by atomic mass is 16.6. The Labute approximate surface area is 66.1 Å². The lowest BCUT2D eigenvalue weighted by Gasteiger charge is -2.04. The molecule has 0 aromatic carbocycles. The second kappa shape index (κ2) is 6.12. The minimum absolute atomic E-state index is 0.166. The smallest absolute Gasteiger partial charge is 0.305 e. The van der Waals surface area contributed by atoms with Crippen LogP contribution in [0, 0.1) is 0 Å². The van der Waals surface area contributed by atoms with E-state index in [4.69, 9.17) is 0 Å². The van der Waals surface area contributed by atoms with Gasteiger partial charge in [0.1, 0.15) is 6.61 Å². The molecular weight excluding hydrogens is 148 g/mol. The quantitative estimate of drug-likeness (QED) is 0.339. The molecule has 4 nitrogen and oxygen atoms in total. The number of esters is 1. The van der Waals surface area contributed by atoms with Crippen LogP contribution in [-0.4, -0.2) is 25.5 Å². The minimum Gasteiger partial charge on any atom is -0.463 e. The van der Waals surface area contributed by atoms with Gasteiger partial charge in [-0.1, -0.05) is 6.92 Å². The third-order valence-corrected chi connectivity index (χ3v) is 0.988. The number of hydrogen-bond donors (Lipinski definition) is 0. The maximum atomic E-state index is 10.5. The summed E-state index contributed by atoms with van der Waals surface area (Å²) < 4.78 is 9.24. The molecule has 1 radical (unpaired) electrons. The van der Waals surface area contributed by atoms with Crippen LogP contribution in [0.3, 0.4) is 0 Å². The van der Waals surface area contributed by atoms with Crippen molar-refractivity contribution >= 4 is 5.97 Å². The van der Waals surface area contributed by atoms with Crippen LogP contribution >= 0.6 is 0 Å². The molecule has 0 saturated carbocycles. The Balaban J connectivity index is 3.08. The molecule has 1 atom stereocenters. The first-order valence-electron chi connectivity index (χ1n) is 3.60. The fourth-order valence-corrected chi connectivity index (χ4v) is 0.472. The van der Waals surface area contributed by atoms with E-state index in [0.717, 1.165) is 0 Å². The fourth-order valence-electron chi connectivity index (χ4n) is 0.472. The molecule has 0 bridgehead atoms. The third kappa shape index (κ3) is 7.29. The number of hydrogen-bond acceptors (Lipinski definition) is 3. The predicted molar refractivity (Wildman–Crippen MR) is 37.4 cm³/mol. The van der Waals surface area contributed by atoms with Gasteiger partial charge in [0.2, 0.25) is 0 Å². The van der Waals surface area contributed by atoms with Crippen molar-refractivity contribution in [3.63, 3.8) is 0 Å². The molecule has 0 fully saturated rings. The van der Waals surface area contributed by atoms with E-state index in [-0.39, 0.29) is 19.2 Å². The lowest BCUT2D eigenvalue weighted by Crippen LogP contribution is -2.13. The molecule has 0 rings (SSSR count). The second-order valence-corrected chi connectivity index (χ2v) is 2.01. The highest BCUT2D eigenvalue weighted by molar-refractivity contribution is 5.68. The van der Waals surface area contributed by atoms with Gasteiger partial charge in [-0.15, -0.1) is 0 Å². The summed E-state index contributed by atoms with van der Waals surface area (Å²) >= 11 is 0. The lowest BCUT2D eigenvalue weighted by molar-refractivity contribution is -0.155. The molecule has 0 heterocycles. The van der Waals surface area contributed by atoms with Crippen molar-refractivity contribution in [1.29, 1.82) is 0 Å². The molecule has 1 unspecified atom stereocenters. The van der Waals surface area contributed by atoms with Crippen LogP contribution in [0.1, 0.15) is 20.3 Å². The normalized spacial score (nSPS) is 12.6. The zero-order valence-electron chi connectivity index (χ0n) is 6.83. The van der Waals surface area contributed by atoms with E-state index in [1.165, 1.54) is 6.92 Å². The van der Waals surface area contributed by atoms with Crippen LogP contribution < -0.4 is 0 Å². The van der Waals surface area contributed by atoms with Gasteiger partial charge in [-0.2, -0.15) is 0 Å². The number of ether oxygens (including phenoxy) is 2. The first kappa shape index (κ1) is 10.4. The molecule has 65 valence electrons. The molecular formula is C7H13O4. The summed E-state index contributed by atoms with van der Waals surface area (Å²) in [6, 6.07) is 0. The Hall–Kier alpha value is -0.610. The average molecular weight is 161 g/mol. The van der Waals surface area contributed by atoms with Gasteiger partial charge < -0.3 is 9.47 Å². The van der Waals surface area contributed by atoms with Crippen molar-refractivity contribution in [1.82, 2.24) is 0 Å². The summed E-state index contributed by atoms with van der Waals surface area (Å²) in [5, 5.41) is 10.3. The molecule has 11 heavy (non-hydrogen) atoms. The zero-order valence-corrected chi connectivity index (χ0v) is 6.83. The van der Waals surface area contributed by atoms with Crippen molar-refractivity contribution < 1.29 is 19.4 Å². The van der Waals surface area contributed by atoms with Crippen molar-refractivity contribution in [2.45, 2.75) is 26.6 Å². The summed E-state index contributed by atoms with van der Waals surface area (Å²) in [4.78, 5) is 10.5. The molecule has 0 saturated heterocycles. The topological polar surface area (TPSA) is 55.4 Å². The molecule has 0 aliphatic heterocycles. The van der Waals surface area contributed by atoms with Crippen molar-refractivity contribution in [3.8, 4) is 0 Å². The molecule has 0 N–H and O–H groups in total. The largest absolute Gasteiger partial charge is 0.463 e. The highest BCUT2D eigenvalue weighted by Gasteiger charge is 1.99. The monoisotopic (exact) mass is 161 g/mol. The standard InChI is InChI=1S/C7H13O4/c1-3-7(9)11-5-4-10-6(2)8/h6H,3-5H2,1-2H3. The Bertz CT molecular complexity index is 111. The van der Waals surface area contributed by atoms with E-state index in [2.05, 4.69) is 9.47 Å². The van der Waals surface area contributed by atoms with Gasteiger partial charge in [0.15, 0.2) is 6.29 Å². The van der Waals surface area contributed by atoms with Crippen molar-refractivity contribution in [3.05, 3.63) is 0 Å². The van der Waals surface area contributed by atoms with Crippen LogP contribution in [-0.2, 0) is 19.4 Å².